The Morgan fingerprint density at radius 1 is 1.14 bits per heavy atom. The molecule has 0 unspecified atom stereocenters. The number of benzene rings is 1. The molecule has 0 N–H and O–H groups in total. The summed E-state index contributed by atoms with van der Waals surface area (Å²) in [4.78, 5) is 4.13. The minimum absolute atomic E-state index is 0.265. The highest BCUT2D eigenvalue weighted by atomic mass is 32.2. The summed E-state index contributed by atoms with van der Waals surface area (Å²) >= 11 is 1.35. The van der Waals surface area contributed by atoms with Crippen LogP contribution in [-0.4, -0.2) is 27.2 Å². The van der Waals surface area contributed by atoms with Crippen LogP contribution in [-0.2, 0) is 0 Å². The molecule has 0 saturated heterocycles. The number of hydrogen-bond acceptors (Lipinski definition) is 4. The van der Waals surface area contributed by atoms with Crippen LogP contribution in [0.25, 0.3) is 16.8 Å². The molecule has 3 rings (SSSR count). The first kappa shape index (κ1) is 14.7. The van der Waals surface area contributed by atoms with Gasteiger partial charge in [-0.3, -0.25) is 0 Å². The monoisotopic (exact) mass is 325 g/mol. The molecule has 0 atom stereocenters. The van der Waals surface area contributed by atoms with Crippen LogP contribution in [0.2, 0.25) is 0 Å². The number of hydrogen-bond donors (Lipinski definition) is 0. The Hall–Kier alpha value is -2.22. The maximum Gasteiger partial charge on any atom is 0.573 e. The molecule has 0 aliphatic heterocycles. The maximum absolute atomic E-state index is 12.5. The summed E-state index contributed by atoms with van der Waals surface area (Å²) in [5.41, 5.74) is 1.51. The Kier molecular flexibility index (Phi) is 3.69. The quantitative estimate of drug-likeness (QED) is 0.682. The van der Waals surface area contributed by atoms with Crippen molar-refractivity contribution in [1.82, 2.24) is 14.6 Å². The summed E-state index contributed by atoms with van der Waals surface area (Å²) < 4.78 is 43.3. The normalized spacial score (nSPS) is 11.8. The van der Waals surface area contributed by atoms with E-state index in [1.807, 2.05) is 6.26 Å². The van der Waals surface area contributed by atoms with Crippen LogP contribution in [0.1, 0.15) is 0 Å². The van der Waals surface area contributed by atoms with Gasteiger partial charge in [0.15, 0.2) is 0 Å². The van der Waals surface area contributed by atoms with Gasteiger partial charge in [0.05, 0.1) is 17.4 Å². The number of fused-ring (bicyclic) bond motifs is 1. The largest absolute Gasteiger partial charge is 0.573 e. The molecule has 0 saturated carbocycles. The van der Waals surface area contributed by atoms with Gasteiger partial charge >= 0.3 is 6.36 Å². The summed E-state index contributed by atoms with van der Waals surface area (Å²) in [6, 6.07) is 9.40. The predicted octanol–water partition coefficient (Wildman–Crippen LogP) is 4.02. The second kappa shape index (κ2) is 5.53. The average molecular weight is 325 g/mol. The molecular formula is C14H10F3N3OS. The van der Waals surface area contributed by atoms with Gasteiger partial charge in [0.2, 0.25) is 5.16 Å². The summed E-state index contributed by atoms with van der Waals surface area (Å²) in [7, 11) is 0. The standard InChI is InChI=1S/C14H10F3N3OS/c1-22-13-18-8-9-6-7-11(20(9)19-13)10-4-2-3-5-12(10)21-14(15,16)17/h2-8H,1H3. The van der Waals surface area contributed by atoms with Gasteiger partial charge in [0.1, 0.15) is 5.75 Å². The minimum Gasteiger partial charge on any atom is -0.405 e. The summed E-state index contributed by atoms with van der Waals surface area (Å²) in [6.45, 7) is 0. The minimum atomic E-state index is -4.75. The van der Waals surface area contributed by atoms with Gasteiger partial charge in [0, 0.05) is 5.56 Å². The fourth-order valence-corrected chi connectivity index (χ4v) is 2.40. The smallest absolute Gasteiger partial charge is 0.405 e. The Morgan fingerprint density at radius 3 is 2.64 bits per heavy atom. The topological polar surface area (TPSA) is 39.4 Å². The third kappa shape index (κ3) is 2.87. The van der Waals surface area contributed by atoms with Gasteiger partial charge < -0.3 is 4.74 Å². The highest BCUT2D eigenvalue weighted by Crippen LogP contribution is 2.34. The summed E-state index contributed by atoms with van der Waals surface area (Å²) in [5.74, 6) is -0.265. The lowest BCUT2D eigenvalue weighted by Gasteiger charge is -2.13. The molecule has 0 aliphatic carbocycles. The Balaban J connectivity index is 2.15. The molecule has 2 heterocycles. The van der Waals surface area contributed by atoms with Crippen LogP contribution in [0, 0.1) is 0 Å². The fourth-order valence-electron chi connectivity index (χ4n) is 2.08. The Bertz CT molecular complexity index is 816. The number of nitrogens with zero attached hydrogens (tertiary/aromatic N) is 3. The van der Waals surface area contributed by atoms with Gasteiger partial charge in [-0.1, -0.05) is 23.9 Å². The van der Waals surface area contributed by atoms with Crippen molar-refractivity contribution < 1.29 is 17.9 Å². The highest BCUT2D eigenvalue weighted by molar-refractivity contribution is 7.98. The molecule has 0 aliphatic rings. The van der Waals surface area contributed by atoms with Crippen LogP contribution in [0.5, 0.6) is 5.75 Å². The summed E-state index contributed by atoms with van der Waals surface area (Å²) in [6.07, 6.45) is -1.30. The van der Waals surface area contributed by atoms with Crippen LogP contribution >= 0.6 is 11.8 Å². The number of ether oxygens (including phenoxy) is 1. The van der Waals surface area contributed by atoms with Crippen LogP contribution in [0.4, 0.5) is 13.2 Å². The van der Waals surface area contributed by atoms with E-state index in [1.165, 1.54) is 23.9 Å². The second-order valence-electron chi connectivity index (χ2n) is 4.34. The van der Waals surface area contributed by atoms with Crippen LogP contribution in [0.3, 0.4) is 0 Å². The van der Waals surface area contributed by atoms with E-state index < -0.39 is 6.36 Å². The molecule has 0 bridgehead atoms. The van der Waals surface area contributed by atoms with Crippen LogP contribution < -0.4 is 4.74 Å². The SMILES string of the molecule is CSc1ncc2ccc(-c3ccccc3OC(F)(F)F)n2n1. The number of rotatable bonds is 3. The van der Waals surface area contributed by atoms with Crippen molar-refractivity contribution >= 4 is 17.3 Å². The van der Waals surface area contributed by atoms with Crippen LogP contribution in [0.15, 0.2) is 47.8 Å². The number of thioether (sulfide) groups is 1. The van der Waals surface area contributed by atoms with Gasteiger partial charge in [-0.05, 0) is 30.5 Å². The van der Waals surface area contributed by atoms with Crippen molar-refractivity contribution in [2.24, 2.45) is 0 Å². The van der Waals surface area contributed by atoms with E-state index in [2.05, 4.69) is 14.8 Å². The number of alkyl halides is 3. The van der Waals surface area contributed by atoms with E-state index in [-0.39, 0.29) is 5.75 Å². The highest BCUT2D eigenvalue weighted by Gasteiger charge is 2.32. The van der Waals surface area contributed by atoms with Crippen molar-refractivity contribution in [3.05, 3.63) is 42.6 Å². The number of halogens is 3. The maximum atomic E-state index is 12.5. The molecule has 8 heteroatoms. The lowest BCUT2D eigenvalue weighted by atomic mass is 10.1. The lowest BCUT2D eigenvalue weighted by Crippen LogP contribution is -2.17. The number of aromatic nitrogens is 3. The molecule has 0 spiro atoms. The zero-order valence-electron chi connectivity index (χ0n) is 11.3. The third-order valence-corrected chi connectivity index (χ3v) is 3.50. The van der Waals surface area contributed by atoms with E-state index >= 15 is 0 Å². The molecule has 3 aromatic rings. The van der Waals surface area contributed by atoms with Crippen molar-refractivity contribution in [1.29, 1.82) is 0 Å². The first-order valence-corrected chi connectivity index (χ1v) is 7.44. The first-order chi connectivity index (χ1) is 10.5. The van der Waals surface area contributed by atoms with Gasteiger partial charge in [-0.15, -0.1) is 18.3 Å². The Labute approximate surface area is 127 Å². The molecule has 0 fully saturated rings. The Morgan fingerprint density at radius 2 is 1.91 bits per heavy atom. The molecule has 2 aromatic heterocycles. The van der Waals surface area contributed by atoms with E-state index in [1.54, 1.807) is 35.0 Å². The van der Waals surface area contributed by atoms with Crippen molar-refractivity contribution in [2.45, 2.75) is 11.5 Å². The second-order valence-corrected chi connectivity index (χ2v) is 5.12. The molecule has 1 aromatic carbocycles. The average Bonchev–Trinajstić information content (AvgIpc) is 2.89. The van der Waals surface area contributed by atoms with Gasteiger partial charge in [-0.2, -0.15) is 0 Å². The van der Waals surface area contributed by atoms with Crippen molar-refractivity contribution in [3.63, 3.8) is 0 Å². The molecule has 114 valence electrons. The van der Waals surface area contributed by atoms with E-state index in [0.717, 1.165) is 0 Å². The predicted molar refractivity (Wildman–Crippen MR) is 76.9 cm³/mol. The third-order valence-electron chi connectivity index (χ3n) is 2.95. The van der Waals surface area contributed by atoms with E-state index in [9.17, 15) is 13.2 Å². The van der Waals surface area contributed by atoms with Crippen molar-refractivity contribution in [2.75, 3.05) is 6.26 Å². The number of para-hydroxylation sites is 1. The van der Waals surface area contributed by atoms with Crippen molar-refractivity contribution in [3.8, 4) is 17.0 Å². The molecule has 0 amide bonds. The zero-order valence-corrected chi connectivity index (χ0v) is 12.1. The fraction of sp³-hybridized carbons (Fsp3) is 0.143. The van der Waals surface area contributed by atoms with E-state index in [4.69, 9.17) is 0 Å². The lowest BCUT2D eigenvalue weighted by molar-refractivity contribution is -0.274. The molecule has 0 radical (unpaired) electrons. The summed E-state index contributed by atoms with van der Waals surface area (Å²) in [5, 5.41) is 4.83. The molecule has 22 heavy (non-hydrogen) atoms. The molecule has 4 nitrogen and oxygen atoms in total. The first-order valence-electron chi connectivity index (χ1n) is 6.22. The van der Waals surface area contributed by atoms with Gasteiger partial charge in [-0.25, -0.2) is 9.50 Å². The molecular weight excluding hydrogens is 315 g/mol. The van der Waals surface area contributed by atoms with E-state index in [0.29, 0.717) is 21.9 Å². The van der Waals surface area contributed by atoms with Gasteiger partial charge in [0.25, 0.3) is 0 Å². The zero-order chi connectivity index (χ0) is 15.7.